The van der Waals surface area contributed by atoms with Gasteiger partial charge in [0.1, 0.15) is 17.2 Å². The Morgan fingerprint density at radius 1 is 1.48 bits per heavy atom. The van der Waals surface area contributed by atoms with Crippen molar-refractivity contribution in [2.24, 2.45) is 0 Å². The van der Waals surface area contributed by atoms with Crippen molar-refractivity contribution in [2.75, 3.05) is 6.54 Å². The van der Waals surface area contributed by atoms with Gasteiger partial charge in [0.2, 0.25) is 5.91 Å². The highest BCUT2D eigenvalue weighted by Crippen LogP contribution is 2.30. The molecule has 2 aromatic rings. The van der Waals surface area contributed by atoms with E-state index in [-0.39, 0.29) is 24.2 Å². The lowest BCUT2D eigenvalue weighted by atomic mass is 9.93. The molecule has 0 spiro atoms. The van der Waals surface area contributed by atoms with Gasteiger partial charge in [0.15, 0.2) is 0 Å². The molecule has 0 radical (unpaired) electrons. The van der Waals surface area contributed by atoms with Gasteiger partial charge in [-0.15, -0.1) is 0 Å². The Labute approximate surface area is 121 Å². The number of carbonyl (C=O) groups is 1. The van der Waals surface area contributed by atoms with E-state index in [2.05, 4.69) is 14.9 Å². The van der Waals surface area contributed by atoms with Crippen LogP contribution in [0.1, 0.15) is 35.5 Å². The van der Waals surface area contributed by atoms with Crippen LogP contribution in [0.2, 0.25) is 0 Å². The summed E-state index contributed by atoms with van der Waals surface area (Å²) in [6.07, 6.45) is 0.895. The van der Waals surface area contributed by atoms with Crippen LogP contribution >= 0.6 is 0 Å². The normalized spacial score (nSPS) is 17.7. The van der Waals surface area contributed by atoms with Crippen molar-refractivity contribution in [1.82, 2.24) is 15.2 Å². The van der Waals surface area contributed by atoms with Crippen LogP contribution in [0.3, 0.4) is 0 Å². The fourth-order valence-electron chi connectivity index (χ4n) is 2.78. The molecule has 1 aromatic carbocycles. The van der Waals surface area contributed by atoms with E-state index >= 15 is 0 Å². The van der Waals surface area contributed by atoms with Crippen LogP contribution in [0, 0.1) is 12.7 Å². The van der Waals surface area contributed by atoms with E-state index in [1.165, 1.54) is 12.1 Å². The summed E-state index contributed by atoms with van der Waals surface area (Å²) in [5, 5.41) is 7.42. The highest BCUT2D eigenvalue weighted by atomic mass is 19.1. The number of nitrogens with zero attached hydrogens (tertiary/aromatic N) is 3. The molecule has 110 valence electrons. The molecule has 0 saturated carbocycles. The first-order valence-corrected chi connectivity index (χ1v) is 6.92. The zero-order valence-electron chi connectivity index (χ0n) is 12.0. The number of fused-ring (bicyclic) bond motifs is 1. The Hall–Kier alpha value is -2.24. The minimum absolute atomic E-state index is 0.0452. The minimum Gasteiger partial charge on any atom is -0.335 e. The van der Waals surface area contributed by atoms with Crippen molar-refractivity contribution in [1.29, 1.82) is 0 Å². The third kappa shape index (κ3) is 2.53. The number of carbonyl (C=O) groups excluding carboxylic acids is 1. The molecular weight excluding hydrogens is 273 g/mol. The molecule has 1 atom stereocenters. The smallest absolute Gasteiger partial charge is 0.229 e. The van der Waals surface area contributed by atoms with Crippen molar-refractivity contribution in [3.63, 3.8) is 0 Å². The Morgan fingerprint density at radius 2 is 2.29 bits per heavy atom. The van der Waals surface area contributed by atoms with Crippen molar-refractivity contribution in [3.8, 4) is 0 Å². The summed E-state index contributed by atoms with van der Waals surface area (Å²) in [7, 11) is 0. The molecule has 1 unspecified atom stereocenters. The van der Waals surface area contributed by atoms with Gasteiger partial charge in [0.25, 0.3) is 0 Å². The van der Waals surface area contributed by atoms with Gasteiger partial charge in [-0.3, -0.25) is 4.79 Å². The van der Waals surface area contributed by atoms with Crippen LogP contribution in [-0.2, 0) is 17.6 Å². The second kappa shape index (κ2) is 5.27. The first-order chi connectivity index (χ1) is 10.1. The number of hydrogen-bond acceptors (Lipinski definition) is 4. The highest BCUT2D eigenvalue weighted by molar-refractivity contribution is 5.79. The van der Waals surface area contributed by atoms with E-state index in [4.69, 9.17) is 0 Å². The first kappa shape index (κ1) is 13.7. The number of benzene rings is 1. The molecule has 1 amide bonds. The van der Waals surface area contributed by atoms with E-state index in [9.17, 15) is 9.18 Å². The Kier molecular flexibility index (Phi) is 3.45. The number of amides is 1. The average molecular weight is 289 g/mol. The Morgan fingerprint density at radius 3 is 3.00 bits per heavy atom. The quantitative estimate of drug-likeness (QED) is 0.850. The Bertz CT molecular complexity index is 683. The molecule has 0 saturated heterocycles. The second-order valence-corrected chi connectivity index (χ2v) is 5.33. The second-order valence-electron chi connectivity index (χ2n) is 5.33. The van der Waals surface area contributed by atoms with Crippen LogP contribution < -0.4 is 0 Å². The molecular formula is C15H16FN3O2. The molecule has 0 fully saturated rings. The van der Waals surface area contributed by atoms with E-state index < -0.39 is 0 Å². The van der Waals surface area contributed by atoms with Gasteiger partial charge in [0.05, 0.1) is 12.5 Å². The molecule has 0 bridgehead atoms. The summed E-state index contributed by atoms with van der Waals surface area (Å²) >= 11 is 0. The molecule has 3 rings (SSSR count). The van der Waals surface area contributed by atoms with Crippen molar-refractivity contribution < 1.29 is 13.8 Å². The molecule has 21 heavy (non-hydrogen) atoms. The summed E-state index contributed by atoms with van der Waals surface area (Å²) in [5.74, 6) is -0.317. The molecule has 1 aliphatic heterocycles. The van der Waals surface area contributed by atoms with Gasteiger partial charge in [0, 0.05) is 6.54 Å². The van der Waals surface area contributed by atoms with E-state index in [1.807, 2.05) is 6.92 Å². The van der Waals surface area contributed by atoms with Crippen LogP contribution in [0.25, 0.3) is 0 Å². The number of halogens is 1. The maximum absolute atomic E-state index is 13.4. The van der Waals surface area contributed by atoms with Crippen LogP contribution in [-0.4, -0.2) is 27.7 Å². The van der Waals surface area contributed by atoms with Gasteiger partial charge in [-0.25, -0.2) is 9.02 Å². The largest absolute Gasteiger partial charge is 0.335 e. The SMILES string of the molecule is Cc1nonc1CC(=O)N1CCc2ccc(F)cc2C1C. The predicted molar refractivity (Wildman–Crippen MR) is 73.0 cm³/mol. The lowest BCUT2D eigenvalue weighted by Gasteiger charge is -2.35. The Balaban J connectivity index is 1.81. The number of aromatic nitrogens is 2. The lowest BCUT2D eigenvalue weighted by molar-refractivity contribution is -0.133. The average Bonchev–Trinajstić information content (AvgIpc) is 2.85. The summed E-state index contributed by atoms with van der Waals surface area (Å²) in [4.78, 5) is 14.2. The summed E-state index contributed by atoms with van der Waals surface area (Å²) in [5.41, 5.74) is 3.16. The zero-order chi connectivity index (χ0) is 15.0. The molecule has 1 aromatic heterocycles. The maximum Gasteiger partial charge on any atom is 0.229 e. The number of aryl methyl sites for hydroxylation is 1. The lowest BCUT2D eigenvalue weighted by Crippen LogP contribution is -2.39. The molecule has 1 aliphatic rings. The zero-order valence-corrected chi connectivity index (χ0v) is 12.0. The fourth-order valence-corrected chi connectivity index (χ4v) is 2.78. The predicted octanol–water partition coefficient (Wildman–Crippen LogP) is 2.21. The standard InChI is InChI=1S/C15H16FN3O2/c1-9-14(18-21-17-9)8-15(20)19-6-5-11-3-4-12(16)7-13(11)10(19)2/h3-4,7,10H,5-6,8H2,1-2H3. The van der Waals surface area contributed by atoms with E-state index in [0.29, 0.717) is 17.9 Å². The van der Waals surface area contributed by atoms with Crippen molar-refractivity contribution in [3.05, 3.63) is 46.5 Å². The van der Waals surface area contributed by atoms with Crippen LogP contribution in [0.15, 0.2) is 22.8 Å². The molecule has 0 N–H and O–H groups in total. The van der Waals surface area contributed by atoms with Crippen LogP contribution in [0.4, 0.5) is 4.39 Å². The molecule has 0 aliphatic carbocycles. The molecule has 6 heteroatoms. The van der Waals surface area contributed by atoms with Gasteiger partial charge in [-0.05, 0) is 43.5 Å². The first-order valence-electron chi connectivity index (χ1n) is 6.92. The molecule has 2 heterocycles. The molecule has 5 nitrogen and oxygen atoms in total. The maximum atomic E-state index is 13.4. The summed E-state index contributed by atoms with van der Waals surface area (Å²) < 4.78 is 18.0. The number of hydrogen-bond donors (Lipinski definition) is 0. The minimum atomic E-state index is -0.272. The topological polar surface area (TPSA) is 59.2 Å². The van der Waals surface area contributed by atoms with Crippen molar-refractivity contribution >= 4 is 5.91 Å². The summed E-state index contributed by atoms with van der Waals surface area (Å²) in [6.45, 7) is 4.30. The van der Waals surface area contributed by atoms with E-state index in [1.54, 1.807) is 17.9 Å². The van der Waals surface area contributed by atoms with Crippen molar-refractivity contribution in [2.45, 2.75) is 32.7 Å². The number of rotatable bonds is 2. The third-order valence-electron chi connectivity index (χ3n) is 4.03. The monoisotopic (exact) mass is 289 g/mol. The fraction of sp³-hybridized carbons (Fsp3) is 0.400. The van der Waals surface area contributed by atoms with Gasteiger partial charge in [-0.2, -0.15) is 0 Å². The summed E-state index contributed by atoms with van der Waals surface area (Å²) in [6, 6.07) is 4.64. The van der Waals surface area contributed by atoms with E-state index in [0.717, 1.165) is 17.5 Å². The third-order valence-corrected chi connectivity index (χ3v) is 4.03. The van der Waals surface area contributed by atoms with Gasteiger partial charge >= 0.3 is 0 Å². The van der Waals surface area contributed by atoms with Crippen LogP contribution in [0.5, 0.6) is 0 Å². The van der Waals surface area contributed by atoms with Gasteiger partial charge in [-0.1, -0.05) is 16.4 Å². The highest BCUT2D eigenvalue weighted by Gasteiger charge is 2.28. The van der Waals surface area contributed by atoms with Gasteiger partial charge < -0.3 is 4.90 Å².